The molecule has 1 aromatic carbocycles. The predicted octanol–water partition coefficient (Wildman–Crippen LogP) is 3.25. The zero-order valence-electron chi connectivity index (χ0n) is 21.8. The molecule has 8 nitrogen and oxygen atoms in total. The minimum atomic E-state index is -0.340. The second kappa shape index (κ2) is 11.4. The predicted molar refractivity (Wildman–Crippen MR) is 143 cm³/mol. The number of carbonyl (C=O) groups excluding carboxylic acids is 2. The molecule has 0 radical (unpaired) electrons. The van der Waals surface area contributed by atoms with Crippen LogP contribution in [0.25, 0.3) is 0 Å². The Morgan fingerprint density at radius 3 is 2.65 bits per heavy atom. The number of amides is 1. The Morgan fingerprint density at radius 2 is 1.89 bits per heavy atom. The number of benzene rings is 1. The molecular formula is C29H37N5O3. The Morgan fingerprint density at radius 1 is 1.11 bits per heavy atom. The number of anilines is 1. The van der Waals surface area contributed by atoms with Crippen molar-refractivity contribution in [3.63, 3.8) is 0 Å². The summed E-state index contributed by atoms with van der Waals surface area (Å²) < 4.78 is 5.09. The largest absolute Gasteiger partial charge is 0.466 e. The van der Waals surface area contributed by atoms with E-state index in [4.69, 9.17) is 4.74 Å². The van der Waals surface area contributed by atoms with Gasteiger partial charge in [0.2, 0.25) is 0 Å². The van der Waals surface area contributed by atoms with Crippen molar-refractivity contribution in [2.45, 2.75) is 45.2 Å². The van der Waals surface area contributed by atoms with Crippen molar-refractivity contribution < 1.29 is 14.3 Å². The molecule has 8 heteroatoms. The van der Waals surface area contributed by atoms with Crippen LogP contribution >= 0.6 is 0 Å². The summed E-state index contributed by atoms with van der Waals surface area (Å²) in [6, 6.07) is 14.5. The maximum atomic E-state index is 13.5. The molecular weight excluding hydrogens is 466 g/mol. The number of likely N-dealkylation sites (tertiary alicyclic amines) is 1. The van der Waals surface area contributed by atoms with Gasteiger partial charge in [0.15, 0.2) is 0 Å². The van der Waals surface area contributed by atoms with E-state index in [9.17, 15) is 9.59 Å². The Hall–Kier alpha value is -3.23. The van der Waals surface area contributed by atoms with Crippen molar-refractivity contribution in [1.29, 1.82) is 0 Å². The van der Waals surface area contributed by atoms with Crippen LogP contribution in [0.1, 0.15) is 47.3 Å². The summed E-state index contributed by atoms with van der Waals surface area (Å²) in [6.45, 7) is 6.58. The maximum absolute atomic E-state index is 13.5. The second-order valence-electron chi connectivity index (χ2n) is 10.4. The number of esters is 1. The normalized spacial score (nSPS) is 22.4. The molecule has 1 aliphatic carbocycles. The highest BCUT2D eigenvalue weighted by Gasteiger charge is 2.40. The third-order valence-corrected chi connectivity index (χ3v) is 7.90. The minimum Gasteiger partial charge on any atom is -0.466 e. The Labute approximate surface area is 218 Å². The second-order valence-corrected chi connectivity index (χ2v) is 10.4. The van der Waals surface area contributed by atoms with Gasteiger partial charge < -0.3 is 20.7 Å². The van der Waals surface area contributed by atoms with Gasteiger partial charge in [-0.15, -0.1) is 0 Å². The first-order chi connectivity index (χ1) is 18.0. The van der Waals surface area contributed by atoms with Crippen LogP contribution in [0.5, 0.6) is 0 Å². The van der Waals surface area contributed by atoms with Crippen LogP contribution in [0.2, 0.25) is 0 Å². The van der Waals surface area contributed by atoms with Crippen LogP contribution in [0.4, 0.5) is 5.82 Å². The summed E-state index contributed by atoms with van der Waals surface area (Å²) in [5.74, 6) is 0.454. The molecule has 2 unspecified atom stereocenters. The number of methoxy groups -OCH3 is 1. The van der Waals surface area contributed by atoms with Gasteiger partial charge in [-0.05, 0) is 75.2 Å². The van der Waals surface area contributed by atoms with E-state index < -0.39 is 0 Å². The highest BCUT2D eigenvalue weighted by atomic mass is 16.5. The fourth-order valence-electron chi connectivity index (χ4n) is 5.94. The number of carbonyl (C=O) groups is 2. The molecule has 1 aromatic heterocycles. The lowest BCUT2D eigenvalue weighted by molar-refractivity contribution is -0.136. The highest BCUT2D eigenvalue weighted by Crippen LogP contribution is 2.40. The van der Waals surface area contributed by atoms with E-state index in [0.717, 1.165) is 57.7 Å². The lowest BCUT2D eigenvalue weighted by atomic mass is 9.85. The van der Waals surface area contributed by atoms with E-state index in [2.05, 4.69) is 50.1 Å². The van der Waals surface area contributed by atoms with Crippen LogP contribution in [0.3, 0.4) is 0 Å². The summed E-state index contributed by atoms with van der Waals surface area (Å²) in [5, 5.41) is 10.0. The lowest BCUT2D eigenvalue weighted by Gasteiger charge is -2.33. The van der Waals surface area contributed by atoms with Gasteiger partial charge in [0.25, 0.3) is 5.91 Å². The van der Waals surface area contributed by atoms with Gasteiger partial charge in [-0.1, -0.05) is 30.3 Å². The molecule has 2 saturated heterocycles. The number of hydrogen-bond donors (Lipinski definition) is 3. The van der Waals surface area contributed by atoms with E-state index in [1.807, 2.05) is 25.1 Å². The molecule has 3 N–H and O–H groups in total. The Balaban J connectivity index is 1.27. The monoisotopic (exact) mass is 503 g/mol. The zero-order valence-corrected chi connectivity index (χ0v) is 21.8. The summed E-state index contributed by atoms with van der Waals surface area (Å²) in [6.07, 6.45) is 3.50. The molecule has 1 amide bonds. The molecule has 2 atom stereocenters. The SMILES string of the molecule is COC(=O)C1=C(NC(=O)c2ccc(C)nc2NC2CCN(Cc3ccccc3)CC2)CC2CNCCC12. The fraction of sp³-hybridized carbons (Fsp3) is 0.483. The summed E-state index contributed by atoms with van der Waals surface area (Å²) in [7, 11) is 1.40. The number of piperidine rings is 2. The van der Waals surface area contributed by atoms with Gasteiger partial charge in [-0.3, -0.25) is 9.69 Å². The van der Waals surface area contributed by atoms with Crippen LogP contribution in [0, 0.1) is 18.8 Å². The number of allylic oxidation sites excluding steroid dienone is 1. The number of fused-ring (bicyclic) bond motifs is 1. The van der Waals surface area contributed by atoms with Crippen molar-refractivity contribution in [2.75, 3.05) is 38.6 Å². The number of rotatable bonds is 7. The van der Waals surface area contributed by atoms with E-state index in [1.54, 1.807) is 0 Å². The van der Waals surface area contributed by atoms with Gasteiger partial charge in [0.1, 0.15) is 5.82 Å². The number of aromatic nitrogens is 1. The number of pyridine rings is 1. The average Bonchev–Trinajstić information content (AvgIpc) is 3.27. The number of nitrogens with zero attached hydrogens (tertiary/aromatic N) is 2. The van der Waals surface area contributed by atoms with Crippen molar-refractivity contribution in [1.82, 2.24) is 20.5 Å². The summed E-state index contributed by atoms with van der Waals surface area (Å²) in [4.78, 5) is 33.3. The number of nitrogens with one attached hydrogen (secondary N) is 3. The van der Waals surface area contributed by atoms with E-state index >= 15 is 0 Å². The minimum absolute atomic E-state index is 0.124. The standard InChI is InChI=1S/C29H37N5O3/c1-19-8-9-24(28(35)33-25-16-21-17-30-13-10-23(21)26(25)29(36)37-2)27(31-19)32-22-11-14-34(15-12-22)18-20-6-4-3-5-7-20/h3-9,21-23,30H,10-18H2,1-2H3,(H,31,32)(H,33,35). The Bertz CT molecular complexity index is 1160. The van der Waals surface area contributed by atoms with Gasteiger partial charge in [-0.2, -0.15) is 0 Å². The molecule has 3 aliphatic rings. The highest BCUT2D eigenvalue weighted by molar-refractivity contribution is 6.01. The first kappa shape index (κ1) is 25.4. The molecule has 0 bridgehead atoms. The molecule has 37 heavy (non-hydrogen) atoms. The molecule has 2 aromatic rings. The fourth-order valence-corrected chi connectivity index (χ4v) is 5.94. The summed E-state index contributed by atoms with van der Waals surface area (Å²) in [5.41, 5.74) is 4.01. The van der Waals surface area contributed by atoms with Crippen molar-refractivity contribution in [3.05, 3.63) is 70.6 Å². The average molecular weight is 504 g/mol. The molecule has 0 spiro atoms. The molecule has 2 aliphatic heterocycles. The smallest absolute Gasteiger partial charge is 0.335 e. The topological polar surface area (TPSA) is 95.6 Å². The van der Waals surface area contributed by atoms with E-state index in [1.165, 1.54) is 12.7 Å². The van der Waals surface area contributed by atoms with Gasteiger partial charge in [-0.25, -0.2) is 9.78 Å². The molecule has 196 valence electrons. The van der Waals surface area contributed by atoms with Crippen molar-refractivity contribution in [3.8, 4) is 0 Å². The number of hydrogen-bond acceptors (Lipinski definition) is 7. The molecule has 0 saturated carbocycles. The van der Waals surface area contributed by atoms with Crippen LogP contribution in [-0.2, 0) is 16.1 Å². The van der Waals surface area contributed by atoms with Gasteiger partial charge in [0, 0.05) is 37.1 Å². The lowest BCUT2D eigenvalue weighted by Crippen LogP contribution is -2.39. The van der Waals surface area contributed by atoms with Crippen molar-refractivity contribution >= 4 is 17.7 Å². The first-order valence-electron chi connectivity index (χ1n) is 13.4. The van der Waals surface area contributed by atoms with Gasteiger partial charge in [0.05, 0.1) is 18.2 Å². The molecule has 2 fully saturated rings. The third kappa shape index (κ3) is 5.86. The number of aryl methyl sites for hydroxylation is 1. The Kier molecular flexibility index (Phi) is 7.86. The van der Waals surface area contributed by atoms with Crippen LogP contribution in [-0.4, -0.2) is 61.1 Å². The zero-order chi connectivity index (χ0) is 25.8. The van der Waals surface area contributed by atoms with Crippen LogP contribution in [0.15, 0.2) is 53.7 Å². The maximum Gasteiger partial charge on any atom is 0.335 e. The van der Waals surface area contributed by atoms with E-state index in [-0.39, 0.29) is 23.8 Å². The first-order valence-corrected chi connectivity index (χ1v) is 13.4. The molecule has 5 rings (SSSR count). The molecule has 3 heterocycles. The number of ether oxygens (including phenoxy) is 1. The van der Waals surface area contributed by atoms with Gasteiger partial charge >= 0.3 is 5.97 Å². The third-order valence-electron chi connectivity index (χ3n) is 7.90. The quantitative estimate of drug-likeness (QED) is 0.499. The summed E-state index contributed by atoms with van der Waals surface area (Å²) >= 11 is 0. The van der Waals surface area contributed by atoms with Crippen LogP contribution < -0.4 is 16.0 Å². The van der Waals surface area contributed by atoms with E-state index in [0.29, 0.717) is 35.0 Å². The van der Waals surface area contributed by atoms with Crippen molar-refractivity contribution in [2.24, 2.45) is 11.8 Å².